The van der Waals surface area contributed by atoms with E-state index < -0.39 is 5.41 Å². The van der Waals surface area contributed by atoms with Crippen molar-refractivity contribution in [3.63, 3.8) is 0 Å². The Morgan fingerprint density at radius 1 is 0.351 bits per heavy atom. The van der Waals surface area contributed by atoms with Crippen molar-refractivity contribution in [2.45, 2.75) is 31.8 Å². The molecular formula is C33H36O4. The van der Waals surface area contributed by atoms with Gasteiger partial charge >= 0.3 is 0 Å². The number of rotatable bonds is 12. The number of hydrogen-bond donors (Lipinski definition) is 0. The van der Waals surface area contributed by atoms with Gasteiger partial charge in [0.05, 0.1) is 31.8 Å². The van der Waals surface area contributed by atoms with E-state index in [1.54, 1.807) is 28.4 Å². The molecular weight excluding hydrogens is 460 g/mol. The van der Waals surface area contributed by atoms with Crippen LogP contribution in [-0.4, -0.2) is 28.4 Å². The van der Waals surface area contributed by atoms with Crippen molar-refractivity contribution in [1.82, 2.24) is 0 Å². The number of benzene rings is 4. The van der Waals surface area contributed by atoms with E-state index in [9.17, 15) is 0 Å². The molecule has 0 fully saturated rings. The molecule has 0 saturated carbocycles. The summed E-state index contributed by atoms with van der Waals surface area (Å²) in [5, 5.41) is 0. The molecule has 4 aromatic rings. The summed E-state index contributed by atoms with van der Waals surface area (Å²) in [6, 6.07) is 35.1. The zero-order valence-corrected chi connectivity index (χ0v) is 22.2. The van der Waals surface area contributed by atoms with E-state index in [1.165, 1.54) is 22.3 Å². The molecule has 4 nitrogen and oxygen atoms in total. The predicted octanol–water partition coefficient (Wildman–Crippen LogP) is 6.65. The molecule has 4 rings (SSSR count). The van der Waals surface area contributed by atoms with Crippen LogP contribution < -0.4 is 0 Å². The van der Waals surface area contributed by atoms with E-state index in [1.807, 2.05) is 0 Å². The molecule has 0 atom stereocenters. The average molecular weight is 497 g/mol. The van der Waals surface area contributed by atoms with E-state index in [0.717, 1.165) is 22.3 Å². The molecule has 0 aliphatic rings. The van der Waals surface area contributed by atoms with Crippen molar-refractivity contribution in [2.75, 3.05) is 28.4 Å². The van der Waals surface area contributed by atoms with Crippen LogP contribution in [0.3, 0.4) is 0 Å². The van der Waals surface area contributed by atoms with Crippen LogP contribution in [0, 0.1) is 0 Å². The Bertz CT molecular complexity index is 1020. The molecule has 4 aromatic carbocycles. The fraction of sp³-hybridized carbons (Fsp3) is 0.273. The molecule has 0 bridgehead atoms. The Labute approximate surface area is 220 Å². The first kappa shape index (κ1) is 26.8. The Morgan fingerprint density at radius 3 is 0.703 bits per heavy atom. The van der Waals surface area contributed by atoms with Gasteiger partial charge in [0.1, 0.15) is 0 Å². The molecule has 0 aromatic heterocycles. The predicted molar refractivity (Wildman–Crippen MR) is 148 cm³/mol. The zero-order valence-electron chi connectivity index (χ0n) is 22.2. The second-order valence-corrected chi connectivity index (χ2v) is 9.27. The Morgan fingerprint density at radius 2 is 0.541 bits per heavy atom. The van der Waals surface area contributed by atoms with Crippen molar-refractivity contribution in [3.05, 3.63) is 142 Å². The number of ether oxygens (including phenoxy) is 4. The molecule has 0 N–H and O–H groups in total. The minimum atomic E-state index is -0.533. The van der Waals surface area contributed by atoms with Gasteiger partial charge in [0.2, 0.25) is 0 Å². The first-order valence-electron chi connectivity index (χ1n) is 12.5. The number of hydrogen-bond acceptors (Lipinski definition) is 4. The summed E-state index contributed by atoms with van der Waals surface area (Å²) in [5.74, 6) is 0. The van der Waals surface area contributed by atoms with Crippen LogP contribution in [0.4, 0.5) is 0 Å². The Kier molecular flexibility index (Phi) is 9.26. The SMILES string of the molecule is COCc1ccc(C(c2ccc(COC)cc2)(c2ccc(COC)cc2)c2ccc(COC)cc2)cc1. The van der Waals surface area contributed by atoms with Gasteiger partial charge in [-0.3, -0.25) is 0 Å². The first-order valence-corrected chi connectivity index (χ1v) is 12.5. The fourth-order valence-electron chi connectivity index (χ4n) is 5.07. The highest BCUT2D eigenvalue weighted by Gasteiger charge is 2.38. The van der Waals surface area contributed by atoms with Gasteiger partial charge < -0.3 is 18.9 Å². The maximum atomic E-state index is 5.38. The smallest absolute Gasteiger partial charge is 0.0713 e. The van der Waals surface area contributed by atoms with Crippen LogP contribution in [0.5, 0.6) is 0 Å². The summed E-state index contributed by atoms with van der Waals surface area (Å²) in [5.41, 5.74) is 8.77. The van der Waals surface area contributed by atoms with Gasteiger partial charge in [-0.2, -0.15) is 0 Å². The lowest BCUT2D eigenvalue weighted by molar-refractivity contribution is 0.185. The van der Waals surface area contributed by atoms with Crippen molar-refractivity contribution in [3.8, 4) is 0 Å². The fourth-order valence-corrected chi connectivity index (χ4v) is 5.07. The monoisotopic (exact) mass is 496 g/mol. The molecule has 0 radical (unpaired) electrons. The molecule has 0 aliphatic carbocycles. The molecule has 0 spiro atoms. The van der Waals surface area contributed by atoms with Crippen molar-refractivity contribution in [2.24, 2.45) is 0 Å². The molecule has 0 amide bonds. The van der Waals surface area contributed by atoms with E-state index in [4.69, 9.17) is 18.9 Å². The standard InChI is InChI=1S/C33H36O4/c1-34-21-25-5-13-29(14-6-25)33(30-15-7-26(8-16-30)22-35-2,31-17-9-27(10-18-31)23-36-3)32-19-11-28(12-20-32)24-37-4/h5-20H,21-24H2,1-4H3. The average Bonchev–Trinajstić information content (AvgIpc) is 2.93. The molecule has 4 heteroatoms. The quantitative estimate of drug-likeness (QED) is 0.206. The lowest BCUT2D eigenvalue weighted by Gasteiger charge is -2.37. The van der Waals surface area contributed by atoms with Gasteiger partial charge in [0, 0.05) is 28.4 Å². The lowest BCUT2D eigenvalue weighted by Crippen LogP contribution is -2.31. The third kappa shape index (κ3) is 5.84. The topological polar surface area (TPSA) is 36.9 Å². The minimum absolute atomic E-state index is 0.533. The lowest BCUT2D eigenvalue weighted by atomic mass is 9.65. The Balaban J connectivity index is 1.98. The summed E-state index contributed by atoms with van der Waals surface area (Å²) in [6.45, 7) is 2.32. The first-order chi connectivity index (χ1) is 18.1. The molecule has 0 heterocycles. The highest BCUT2D eigenvalue weighted by atomic mass is 16.5. The maximum Gasteiger partial charge on any atom is 0.0713 e. The van der Waals surface area contributed by atoms with E-state index in [-0.39, 0.29) is 0 Å². The largest absolute Gasteiger partial charge is 0.380 e. The van der Waals surface area contributed by atoms with E-state index in [2.05, 4.69) is 97.1 Å². The summed E-state index contributed by atoms with van der Waals surface area (Å²) >= 11 is 0. The number of methoxy groups -OCH3 is 4. The van der Waals surface area contributed by atoms with Gasteiger partial charge in [-0.15, -0.1) is 0 Å². The van der Waals surface area contributed by atoms with Crippen LogP contribution in [-0.2, 0) is 50.8 Å². The van der Waals surface area contributed by atoms with Crippen molar-refractivity contribution >= 4 is 0 Å². The summed E-state index contributed by atoms with van der Waals surface area (Å²) < 4.78 is 21.5. The molecule has 0 aliphatic heterocycles. The van der Waals surface area contributed by atoms with Gasteiger partial charge in [0.25, 0.3) is 0 Å². The maximum absolute atomic E-state index is 5.38. The second kappa shape index (κ2) is 12.8. The zero-order chi connectivity index (χ0) is 26.1. The molecule has 37 heavy (non-hydrogen) atoms. The third-order valence-corrected chi connectivity index (χ3v) is 6.79. The van der Waals surface area contributed by atoms with Gasteiger partial charge in [0.15, 0.2) is 0 Å². The molecule has 192 valence electrons. The van der Waals surface area contributed by atoms with Gasteiger partial charge in [-0.05, 0) is 44.5 Å². The molecule has 0 unspecified atom stereocenters. The van der Waals surface area contributed by atoms with Crippen LogP contribution in [0.25, 0.3) is 0 Å². The minimum Gasteiger partial charge on any atom is -0.380 e. The van der Waals surface area contributed by atoms with E-state index >= 15 is 0 Å². The van der Waals surface area contributed by atoms with Gasteiger partial charge in [-0.25, -0.2) is 0 Å². The summed E-state index contributed by atoms with van der Waals surface area (Å²) in [7, 11) is 6.90. The molecule has 0 saturated heterocycles. The van der Waals surface area contributed by atoms with E-state index in [0.29, 0.717) is 26.4 Å². The second-order valence-electron chi connectivity index (χ2n) is 9.27. The van der Waals surface area contributed by atoms with Gasteiger partial charge in [-0.1, -0.05) is 97.1 Å². The highest BCUT2D eigenvalue weighted by molar-refractivity contribution is 5.60. The third-order valence-electron chi connectivity index (χ3n) is 6.79. The van der Waals surface area contributed by atoms with Crippen molar-refractivity contribution < 1.29 is 18.9 Å². The Hall–Kier alpha value is -3.28. The van der Waals surface area contributed by atoms with Crippen LogP contribution in [0.15, 0.2) is 97.1 Å². The van der Waals surface area contributed by atoms with Crippen LogP contribution in [0.1, 0.15) is 44.5 Å². The van der Waals surface area contributed by atoms with Crippen molar-refractivity contribution in [1.29, 1.82) is 0 Å². The van der Waals surface area contributed by atoms with Crippen LogP contribution in [0.2, 0.25) is 0 Å². The summed E-state index contributed by atoms with van der Waals surface area (Å²) in [4.78, 5) is 0. The summed E-state index contributed by atoms with van der Waals surface area (Å²) in [6.07, 6.45) is 0. The normalized spacial score (nSPS) is 11.6. The highest BCUT2D eigenvalue weighted by Crippen LogP contribution is 2.45. The van der Waals surface area contributed by atoms with Crippen LogP contribution >= 0.6 is 0 Å².